The Bertz CT molecular complexity index is 1260. The number of hydrogen-bond donors (Lipinski definition) is 0. The molecule has 5 rings (SSSR count). The lowest BCUT2D eigenvalue weighted by atomic mass is 9.86. The molecule has 0 fully saturated rings. The van der Waals surface area contributed by atoms with Crippen LogP contribution in [0, 0.1) is 12.0 Å². The number of nitrogens with zero attached hydrogens (tertiary/aromatic N) is 4. The summed E-state index contributed by atoms with van der Waals surface area (Å²) >= 11 is 0. The average molecular weight is 483 g/mol. The van der Waals surface area contributed by atoms with E-state index in [4.69, 9.17) is 19.7 Å². The van der Waals surface area contributed by atoms with Gasteiger partial charge in [0.05, 0.1) is 17.3 Å². The van der Waals surface area contributed by atoms with Gasteiger partial charge < -0.3 is 9.47 Å². The molecular formula is C30H34N4O2. The van der Waals surface area contributed by atoms with E-state index in [1.807, 2.05) is 34.3 Å². The largest absolute Gasteiger partial charge is 0.456 e. The molecule has 0 spiro atoms. The van der Waals surface area contributed by atoms with Gasteiger partial charge in [-0.3, -0.25) is 0 Å². The molecule has 3 aliphatic rings. The van der Waals surface area contributed by atoms with Gasteiger partial charge in [0.15, 0.2) is 13.5 Å². The molecule has 0 saturated heterocycles. The van der Waals surface area contributed by atoms with Crippen LogP contribution in [0.3, 0.4) is 0 Å². The van der Waals surface area contributed by atoms with Gasteiger partial charge in [0, 0.05) is 5.57 Å². The molecule has 2 aliphatic heterocycles. The zero-order chi connectivity index (χ0) is 25.5. The third kappa shape index (κ3) is 4.77. The Morgan fingerprint density at radius 2 is 1.22 bits per heavy atom. The molecule has 0 saturated carbocycles. The normalized spacial score (nSPS) is 18.6. The number of para-hydroxylation sites is 2. The molecule has 36 heavy (non-hydrogen) atoms. The Labute approximate surface area is 214 Å². The Hall–Kier alpha value is -3.54. The lowest BCUT2D eigenvalue weighted by Gasteiger charge is -2.25. The third-order valence-corrected chi connectivity index (χ3v) is 6.49. The standard InChI is InChI=1S/C30H34N4O2/c1-29(2,3)23-14-7-9-16-25(23)33-19-35-27(31-33)21-12-11-13-22(18-21)28-32-34(20-36-28)26-17-10-8-15-24(26)30(4,5)6/h7-12,14-17H,18-20H2,1-6H3. The maximum Gasteiger partial charge on any atom is 0.237 e. The Balaban J connectivity index is 1.33. The molecule has 0 unspecified atom stereocenters. The fourth-order valence-electron chi connectivity index (χ4n) is 4.62. The van der Waals surface area contributed by atoms with Crippen LogP contribution in [0.1, 0.15) is 59.1 Å². The van der Waals surface area contributed by atoms with E-state index in [1.165, 1.54) is 11.1 Å². The van der Waals surface area contributed by atoms with Gasteiger partial charge in [0.2, 0.25) is 11.8 Å². The highest BCUT2D eigenvalue weighted by molar-refractivity contribution is 6.01. The molecule has 2 radical (unpaired) electrons. The highest BCUT2D eigenvalue weighted by Crippen LogP contribution is 2.36. The van der Waals surface area contributed by atoms with Crippen molar-refractivity contribution < 1.29 is 9.47 Å². The minimum absolute atomic E-state index is 0.00419. The SMILES string of the molecule is CC(C)(C)c1ccccc1N1COC([C]2C=C[C]=C(C3=NN(c4ccccc4C(C)(C)C)CO3)C2)=N1. The van der Waals surface area contributed by atoms with E-state index < -0.39 is 0 Å². The van der Waals surface area contributed by atoms with Crippen molar-refractivity contribution in [2.45, 2.75) is 58.8 Å². The van der Waals surface area contributed by atoms with Crippen LogP contribution in [-0.4, -0.2) is 25.3 Å². The summed E-state index contributed by atoms with van der Waals surface area (Å²) in [4.78, 5) is 0. The van der Waals surface area contributed by atoms with E-state index in [0.717, 1.165) is 22.9 Å². The summed E-state index contributed by atoms with van der Waals surface area (Å²) in [6.07, 6.45) is 7.80. The molecule has 6 heteroatoms. The molecular weight excluding hydrogens is 448 g/mol. The smallest absolute Gasteiger partial charge is 0.237 e. The highest BCUT2D eigenvalue weighted by atomic mass is 16.5. The number of anilines is 2. The Morgan fingerprint density at radius 1 is 0.722 bits per heavy atom. The summed E-state index contributed by atoms with van der Waals surface area (Å²) in [5, 5.41) is 13.5. The topological polar surface area (TPSA) is 49.7 Å². The van der Waals surface area contributed by atoms with E-state index in [1.54, 1.807) is 0 Å². The number of ether oxygens (including phenoxy) is 2. The van der Waals surface area contributed by atoms with Gasteiger partial charge in [0.1, 0.15) is 0 Å². The summed E-state index contributed by atoms with van der Waals surface area (Å²) in [5.74, 6) is 2.20. The van der Waals surface area contributed by atoms with Crippen molar-refractivity contribution in [2.75, 3.05) is 23.5 Å². The molecule has 0 bridgehead atoms. The predicted molar refractivity (Wildman–Crippen MR) is 146 cm³/mol. The summed E-state index contributed by atoms with van der Waals surface area (Å²) in [5.41, 5.74) is 5.50. The first-order valence-corrected chi connectivity index (χ1v) is 12.4. The second-order valence-electron chi connectivity index (χ2n) is 11.3. The lowest BCUT2D eigenvalue weighted by Crippen LogP contribution is -2.20. The number of hydrazone groups is 2. The van der Waals surface area contributed by atoms with Crippen molar-refractivity contribution in [1.29, 1.82) is 0 Å². The van der Waals surface area contributed by atoms with Crippen molar-refractivity contribution >= 4 is 23.2 Å². The van der Waals surface area contributed by atoms with Crippen LogP contribution < -0.4 is 10.0 Å². The molecule has 0 N–H and O–H groups in total. The van der Waals surface area contributed by atoms with E-state index in [9.17, 15) is 0 Å². The monoisotopic (exact) mass is 482 g/mol. The van der Waals surface area contributed by atoms with Gasteiger partial charge in [-0.2, -0.15) is 0 Å². The highest BCUT2D eigenvalue weighted by Gasteiger charge is 2.32. The fourth-order valence-corrected chi connectivity index (χ4v) is 4.62. The van der Waals surface area contributed by atoms with E-state index in [2.05, 4.69) is 84.0 Å². The van der Waals surface area contributed by atoms with E-state index >= 15 is 0 Å². The zero-order valence-electron chi connectivity index (χ0n) is 22.0. The first-order chi connectivity index (χ1) is 17.1. The molecule has 0 amide bonds. The van der Waals surface area contributed by atoms with Crippen LogP contribution in [0.25, 0.3) is 0 Å². The van der Waals surface area contributed by atoms with E-state index in [0.29, 0.717) is 31.7 Å². The number of benzene rings is 2. The van der Waals surface area contributed by atoms with Gasteiger partial charge in [-0.15, -0.1) is 10.2 Å². The molecule has 1 aliphatic carbocycles. The van der Waals surface area contributed by atoms with Gasteiger partial charge in [0.25, 0.3) is 0 Å². The maximum atomic E-state index is 6.04. The van der Waals surface area contributed by atoms with Crippen LogP contribution in [0.5, 0.6) is 0 Å². The minimum Gasteiger partial charge on any atom is -0.456 e. The van der Waals surface area contributed by atoms with Gasteiger partial charge >= 0.3 is 0 Å². The van der Waals surface area contributed by atoms with Crippen LogP contribution in [0.4, 0.5) is 11.4 Å². The quantitative estimate of drug-likeness (QED) is 0.502. The molecule has 2 aromatic carbocycles. The molecule has 0 aromatic heterocycles. The number of allylic oxidation sites excluding steroid dienone is 2. The Morgan fingerprint density at radius 3 is 1.78 bits per heavy atom. The number of rotatable bonds is 4. The van der Waals surface area contributed by atoms with Crippen molar-refractivity contribution in [3.63, 3.8) is 0 Å². The zero-order valence-corrected chi connectivity index (χ0v) is 22.0. The van der Waals surface area contributed by atoms with Gasteiger partial charge in [-0.1, -0.05) is 90.1 Å². The second-order valence-corrected chi connectivity index (χ2v) is 11.3. The van der Waals surface area contributed by atoms with Gasteiger partial charge in [-0.05, 0) is 46.6 Å². The van der Waals surface area contributed by atoms with Crippen molar-refractivity contribution in [1.82, 2.24) is 0 Å². The fraction of sp³-hybridized carbons (Fsp3) is 0.367. The average Bonchev–Trinajstić information content (AvgIpc) is 3.54. The third-order valence-electron chi connectivity index (χ3n) is 6.49. The predicted octanol–water partition coefficient (Wildman–Crippen LogP) is 6.46. The molecule has 2 aromatic rings. The maximum absolute atomic E-state index is 6.04. The Kier molecular flexibility index (Phi) is 6.15. The first kappa shape index (κ1) is 24.2. The lowest BCUT2D eigenvalue weighted by molar-refractivity contribution is 0.331. The minimum atomic E-state index is 0.00419. The second kappa shape index (κ2) is 9.16. The number of hydrogen-bond acceptors (Lipinski definition) is 6. The first-order valence-electron chi connectivity index (χ1n) is 12.4. The van der Waals surface area contributed by atoms with E-state index in [-0.39, 0.29) is 10.8 Å². The van der Waals surface area contributed by atoms with Crippen molar-refractivity contribution in [3.8, 4) is 0 Å². The summed E-state index contributed by atoms with van der Waals surface area (Å²) in [6, 6.07) is 16.7. The summed E-state index contributed by atoms with van der Waals surface area (Å²) in [6.45, 7) is 14.0. The van der Waals surface area contributed by atoms with Crippen LogP contribution in [-0.2, 0) is 20.3 Å². The van der Waals surface area contributed by atoms with Crippen molar-refractivity contribution in [3.05, 3.63) is 89.4 Å². The van der Waals surface area contributed by atoms with Gasteiger partial charge in [-0.25, -0.2) is 10.0 Å². The molecule has 0 atom stereocenters. The molecule has 186 valence electrons. The van der Waals surface area contributed by atoms with Crippen LogP contribution in [0.15, 0.2) is 76.5 Å². The van der Waals surface area contributed by atoms with Crippen LogP contribution >= 0.6 is 0 Å². The van der Waals surface area contributed by atoms with Crippen LogP contribution in [0.2, 0.25) is 0 Å². The molecule has 6 nitrogen and oxygen atoms in total. The molecule has 2 heterocycles. The summed E-state index contributed by atoms with van der Waals surface area (Å²) in [7, 11) is 0. The van der Waals surface area contributed by atoms with Crippen molar-refractivity contribution in [2.24, 2.45) is 10.2 Å². The summed E-state index contributed by atoms with van der Waals surface area (Å²) < 4.78 is 12.1.